The van der Waals surface area contributed by atoms with Gasteiger partial charge >= 0.3 is 0 Å². The molecule has 1 aliphatic rings. The van der Waals surface area contributed by atoms with Crippen LogP contribution >= 0.6 is 0 Å². The monoisotopic (exact) mass is 170 g/mol. The summed E-state index contributed by atoms with van der Waals surface area (Å²) in [4.78, 5) is 10.9. The number of aliphatic hydroxyl groups is 1. The maximum atomic E-state index is 10.9. The highest BCUT2D eigenvalue weighted by atomic mass is 16.3. The SMILES string of the molecule is CCCCC(O)C1CCC(=O)C1. The van der Waals surface area contributed by atoms with Gasteiger partial charge in [-0.25, -0.2) is 0 Å². The first kappa shape index (κ1) is 9.72. The molecule has 0 amide bonds. The molecule has 0 bridgehead atoms. The Kier molecular flexibility index (Phi) is 3.73. The Morgan fingerprint density at radius 3 is 2.92 bits per heavy atom. The highest BCUT2D eigenvalue weighted by Crippen LogP contribution is 2.27. The van der Waals surface area contributed by atoms with Crippen molar-refractivity contribution in [1.82, 2.24) is 0 Å². The lowest BCUT2D eigenvalue weighted by Gasteiger charge is -2.15. The number of rotatable bonds is 4. The van der Waals surface area contributed by atoms with Crippen molar-refractivity contribution in [1.29, 1.82) is 0 Å². The molecule has 12 heavy (non-hydrogen) atoms. The average molecular weight is 170 g/mol. The van der Waals surface area contributed by atoms with Gasteiger partial charge in [-0.05, 0) is 18.8 Å². The predicted octanol–water partition coefficient (Wildman–Crippen LogP) is 1.91. The van der Waals surface area contributed by atoms with Crippen LogP contribution in [0, 0.1) is 5.92 Å². The molecule has 1 saturated carbocycles. The smallest absolute Gasteiger partial charge is 0.133 e. The Hall–Kier alpha value is -0.370. The lowest BCUT2D eigenvalue weighted by atomic mass is 9.96. The highest BCUT2D eigenvalue weighted by Gasteiger charge is 2.27. The van der Waals surface area contributed by atoms with Crippen LogP contribution in [0.5, 0.6) is 0 Å². The number of hydrogen-bond acceptors (Lipinski definition) is 2. The van der Waals surface area contributed by atoms with E-state index < -0.39 is 0 Å². The van der Waals surface area contributed by atoms with Crippen LogP contribution in [0.1, 0.15) is 45.4 Å². The second kappa shape index (κ2) is 4.61. The van der Waals surface area contributed by atoms with E-state index in [4.69, 9.17) is 0 Å². The van der Waals surface area contributed by atoms with Gasteiger partial charge in [-0.3, -0.25) is 4.79 Å². The van der Waals surface area contributed by atoms with Crippen molar-refractivity contribution in [2.45, 2.75) is 51.6 Å². The zero-order valence-corrected chi connectivity index (χ0v) is 7.75. The Labute approximate surface area is 74.0 Å². The van der Waals surface area contributed by atoms with Crippen molar-refractivity contribution in [3.05, 3.63) is 0 Å². The molecule has 1 aliphatic carbocycles. The molecule has 0 aliphatic heterocycles. The standard InChI is InChI=1S/C10H18O2/c1-2-3-4-10(12)8-5-6-9(11)7-8/h8,10,12H,2-7H2,1H3. The normalized spacial score (nSPS) is 26.2. The minimum Gasteiger partial charge on any atom is -0.393 e. The number of unbranched alkanes of at least 4 members (excludes halogenated alkanes) is 1. The van der Waals surface area contributed by atoms with Crippen molar-refractivity contribution >= 4 is 5.78 Å². The van der Waals surface area contributed by atoms with Crippen LogP contribution in [0.4, 0.5) is 0 Å². The van der Waals surface area contributed by atoms with Gasteiger partial charge in [0.15, 0.2) is 0 Å². The van der Waals surface area contributed by atoms with Crippen LogP contribution in [0.25, 0.3) is 0 Å². The van der Waals surface area contributed by atoms with Crippen molar-refractivity contribution in [2.75, 3.05) is 0 Å². The van der Waals surface area contributed by atoms with Gasteiger partial charge in [0.2, 0.25) is 0 Å². The van der Waals surface area contributed by atoms with Crippen LogP contribution in [-0.4, -0.2) is 17.0 Å². The molecule has 0 saturated heterocycles. The fraction of sp³-hybridized carbons (Fsp3) is 0.900. The number of ketones is 1. The second-order valence-corrected chi connectivity index (χ2v) is 3.75. The summed E-state index contributed by atoms with van der Waals surface area (Å²) in [6, 6.07) is 0. The van der Waals surface area contributed by atoms with E-state index in [0.717, 1.165) is 25.7 Å². The molecular formula is C10H18O2. The van der Waals surface area contributed by atoms with E-state index in [2.05, 4.69) is 6.92 Å². The Bertz CT molecular complexity index is 154. The Balaban J connectivity index is 2.23. The van der Waals surface area contributed by atoms with Gasteiger partial charge in [-0.2, -0.15) is 0 Å². The Morgan fingerprint density at radius 1 is 1.67 bits per heavy atom. The first-order chi connectivity index (χ1) is 5.74. The predicted molar refractivity (Wildman–Crippen MR) is 47.9 cm³/mol. The van der Waals surface area contributed by atoms with Gasteiger partial charge in [0.05, 0.1) is 6.10 Å². The third-order valence-corrected chi connectivity index (χ3v) is 2.68. The molecule has 0 aromatic rings. The summed E-state index contributed by atoms with van der Waals surface area (Å²) >= 11 is 0. The summed E-state index contributed by atoms with van der Waals surface area (Å²) in [5.41, 5.74) is 0. The molecule has 1 rings (SSSR count). The Morgan fingerprint density at radius 2 is 2.42 bits per heavy atom. The van der Waals surface area contributed by atoms with Crippen molar-refractivity contribution < 1.29 is 9.90 Å². The maximum absolute atomic E-state index is 10.9. The number of hydrogen-bond donors (Lipinski definition) is 1. The molecule has 1 fully saturated rings. The summed E-state index contributed by atoms with van der Waals surface area (Å²) < 4.78 is 0. The van der Waals surface area contributed by atoms with Crippen molar-refractivity contribution in [3.63, 3.8) is 0 Å². The summed E-state index contributed by atoms with van der Waals surface area (Å²) in [6.45, 7) is 2.12. The van der Waals surface area contributed by atoms with Crippen LogP contribution in [0.2, 0.25) is 0 Å². The molecule has 2 nitrogen and oxygen atoms in total. The number of carbonyl (C=O) groups is 1. The van der Waals surface area contributed by atoms with E-state index in [1.165, 1.54) is 0 Å². The minimum absolute atomic E-state index is 0.226. The summed E-state index contributed by atoms with van der Waals surface area (Å²) in [5, 5.41) is 9.65. The lowest BCUT2D eigenvalue weighted by Crippen LogP contribution is -2.17. The minimum atomic E-state index is -0.226. The van der Waals surface area contributed by atoms with E-state index in [1.54, 1.807) is 0 Å². The molecule has 70 valence electrons. The van der Waals surface area contributed by atoms with E-state index in [9.17, 15) is 9.90 Å². The lowest BCUT2D eigenvalue weighted by molar-refractivity contribution is -0.117. The van der Waals surface area contributed by atoms with Crippen molar-refractivity contribution in [2.24, 2.45) is 5.92 Å². The molecule has 0 heterocycles. The van der Waals surface area contributed by atoms with Gasteiger partial charge in [-0.1, -0.05) is 19.8 Å². The molecule has 0 radical (unpaired) electrons. The molecule has 0 aromatic carbocycles. The average Bonchev–Trinajstić information content (AvgIpc) is 2.47. The molecule has 2 heteroatoms. The molecule has 2 unspecified atom stereocenters. The molecular weight excluding hydrogens is 152 g/mol. The van der Waals surface area contributed by atoms with Gasteiger partial charge < -0.3 is 5.11 Å². The highest BCUT2D eigenvalue weighted by molar-refractivity contribution is 5.80. The van der Waals surface area contributed by atoms with Gasteiger partial charge in [0.1, 0.15) is 5.78 Å². The zero-order valence-electron chi connectivity index (χ0n) is 7.75. The van der Waals surface area contributed by atoms with Crippen LogP contribution in [0.3, 0.4) is 0 Å². The summed E-state index contributed by atoms with van der Waals surface area (Å²) in [6.07, 6.45) is 5.05. The van der Waals surface area contributed by atoms with Gasteiger partial charge in [0, 0.05) is 12.8 Å². The molecule has 2 atom stereocenters. The van der Waals surface area contributed by atoms with E-state index in [-0.39, 0.29) is 12.0 Å². The molecule has 0 aromatic heterocycles. The number of aliphatic hydroxyl groups excluding tert-OH is 1. The quantitative estimate of drug-likeness (QED) is 0.699. The van der Waals surface area contributed by atoms with E-state index >= 15 is 0 Å². The zero-order chi connectivity index (χ0) is 8.97. The van der Waals surface area contributed by atoms with Gasteiger partial charge in [-0.15, -0.1) is 0 Å². The first-order valence-corrected chi connectivity index (χ1v) is 4.93. The largest absolute Gasteiger partial charge is 0.393 e. The summed E-state index contributed by atoms with van der Waals surface area (Å²) in [5.74, 6) is 0.597. The number of carbonyl (C=O) groups excluding carboxylic acids is 1. The van der Waals surface area contributed by atoms with Gasteiger partial charge in [0.25, 0.3) is 0 Å². The fourth-order valence-electron chi connectivity index (χ4n) is 1.82. The van der Waals surface area contributed by atoms with Crippen molar-refractivity contribution in [3.8, 4) is 0 Å². The second-order valence-electron chi connectivity index (χ2n) is 3.75. The van der Waals surface area contributed by atoms with Crippen LogP contribution < -0.4 is 0 Å². The van der Waals surface area contributed by atoms with Crippen LogP contribution in [-0.2, 0) is 4.79 Å². The number of Topliss-reactive ketones (excluding diaryl/α,β-unsaturated/α-hetero) is 1. The topological polar surface area (TPSA) is 37.3 Å². The fourth-order valence-corrected chi connectivity index (χ4v) is 1.82. The van der Waals surface area contributed by atoms with E-state index in [1.807, 2.05) is 0 Å². The van der Waals surface area contributed by atoms with E-state index in [0.29, 0.717) is 18.6 Å². The third kappa shape index (κ3) is 2.59. The van der Waals surface area contributed by atoms with Crippen LogP contribution in [0.15, 0.2) is 0 Å². The maximum Gasteiger partial charge on any atom is 0.133 e. The molecule has 0 spiro atoms. The third-order valence-electron chi connectivity index (χ3n) is 2.68. The summed E-state index contributed by atoms with van der Waals surface area (Å²) in [7, 11) is 0. The first-order valence-electron chi connectivity index (χ1n) is 4.93. The molecule has 1 N–H and O–H groups in total.